The molecule has 0 bridgehead atoms. The molecule has 2 aromatic carbocycles. The third-order valence-corrected chi connectivity index (χ3v) is 5.60. The molecular weight excluding hydrogens is 312 g/mol. The van der Waals surface area contributed by atoms with Crippen molar-refractivity contribution in [3.63, 3.8) is 0 Å². The van der Waals surface area contributed by atoms with Crippen LogP contribution in [0.15, 0.2) is 47.4 Å². The van der Waals surface area contributed by atoms with E-state index in [4.69, 9.17) is 0 Å². The molecule has 1 amide bonds. The molecule has 120 valence electrons. The van der Waals surface area contributed by atoms with Gasteiger partial charge in [-0.1, -0.05) is 18.2 Å². The van der Waals surface area contributed by atoms with E-state index >= 15 is 0 Å². The summed E-state index contributed by atoms with van der Waals surface area (Å²) < 4.78 is 27.7. The summed E-state index contributed by atoms with van der Waals surface area (Å²) in [5.41, 5.74) is 3.01. The molecule has 1 aliphatic heterocycles. The number of aryl methyl sites for hydroxylation is 2. The van der Waals surface area contributed by atoms with Crippen LogP contribution in [0, 0.1) is 6.92 Å². The summed E-state index contributed by atoms with van der Waals surface area (Å²) in [4.78, 5) is 13.6. The third-order valence-electron chi connectivity index (χ3n) is 4.06. The molecule has 0 saturated carbocycles. The molecule has 6 heteroatoms. The van der Waals surface area contributed by atoms with Gasteiger partial charge in [0.25, 0.3) is 10.0 Å². The second-order valence-electron chi connectivity index (χ2n) is 5.67. The number of hydrogen-bond acceptors (Lipinski definition) is 3. The molecule has 0 unspecified atom stereocenters. The molecular formula is C17H18N2O3S. The SMILES string of the molecule is Cc1ccccc1S(=O)(=O)Nc1ccc2c(c1)CCC(=O)N2C. The van der Waals surface area contributed by atoms with E-state index in [1.165, 1.54) is 0 Å². The number of rotatable bonds is 3. The first-order valence-corrected chi connectivity index (χ1v) is 8.85. The lowest BCUT2D eigenvalue weighted by atomic mass is 10.0. The first-order valence-electron chi connectivity index (χ1n) is 7.36. The van der Waals surface area contributed by atoms with Gasteiger partial charge in [0.2, 0.25) is 5.91 Å². The lowest BCUT2D eigenvalue weighted by Crippen LogP contribution is -2.31. The van der Waals surface area contributed by atoms with Crippen LogP contribution in [0.5, 0.6) is 0 Å². The minimum absolute atomic E-state index is 0.0748. The van der Waals surface area contributed by atoms with Crippen molar-refractivity contribution >= 4 is 27.3 Å². The van der Waals surface area contributed by atoms with Crippen molar-refractivity contribution in [3.05, 3.63) is 53.6 Å². The molecule has 3 rings (SSSR count). The Labute approximate surface area is 136 Å². The van der Waals surface area contributed by atoms with Gasteiger partial charge in [-0.15, -0.1) is 0 Å². The quantitative estimate of drug-likeness (QED) is 0.941. The Bertz CT molecular complexity index is 875. The van der Waals surface area contributed by atoms with E-state index in [-0.39, 0.29) is 10.8 Å². The van der Waals surface area contributed by atoms with E-state index in [0.29, 0.717) is 24.1 Å². The number of fused-ring (bicyclic) bond motifs is 1. The van der Waals surface area contributed by atoms with Gasteiger partial charge < -0.3 is 4.90 Å². The van der Waals surface area contributed by atoms with Gasteiger partial charge in [0.15, 0.2) is 0 Å². The molecule has 0 radical (unpaired) electrons. The first-order chi connectivity index (χ1) is 10.9. The van der Waals surface area contributed by atoms with Crippen molar-refractivity contribution in [3.8, 4) is 0 Å². The van der Waals surface area contributed by atoms with Gasteiger partial charge in [0.05, 0.1) is 4.90 Å². The molecule has 5 nitrogen and oxygen atoms in total. The van der Waals surface area contributed by atoms with Crippen molar-refractivity contribution in [1.29, 1.82) is 0 Å². The number of amides is 1. The molecule has 0 saturated heterocycles. The lowest BCUT2D eigenvalue weighted by molar-refractivity contribution is -0.118. The number of carbonyl (C=O) groups excluding carboxylic acids is 1. The molecule has 1 aliphatic rings. The van der Waals surface area contributed by atoms with Gasteiger partial charge in [-0.2, -0.15) is 0 Å². The Morgan fingerprint density at radius 2 is 1.83 bits per heavy atom. The summed E-state index contributed by atoms with van der Waals surface area (Å²) in [6.45, 7) is 1.77. The van der Waals surface area contributed by atoms with Crippen LogP contribution in [0.4, 0.5) is 11.4 Å². The second kappa shape index (κ2) is 5.70. The zero-order valence-electron chi connectivity index (χ0n) is 13.0. The van der Waals surface area contributed by atoms with Crippen LogP contribution in [-0.4, -0.2) is 21.4 Å². The highest BCUT2D eigenvalue weighted by molar-refractivity contribution is 7.92. The second-order valence-corrected chi connectivity index (χ2v) is 7.32. The first kappa shape index (κ1) is 15.6. The molecule has 0 atom stereocenters. The number of carbonyl (C=O) groups is 1. The van der Waals surface area contributed by atoms with Crippen LogP contribution in [0.3, 0.4) is 0 Å². The average molecular weight is 330 g/mol. The normalized spacial score (nSPS) is 14.5. The maximum Gasteiger partial charge on any atom is 0.262 e. The van der Waals surface area contributed by atoms with Crippen LogP contribution in [0.1, 0.15) is 17.5 Å². The maximum absolute atomic E-state index is 12.5. The molecule has 0 fully saturated rings. The molecule has 0 aromatic heterocycles. The summed E-state index contributed by atoms with van der Waals surface area (Å²) >= 11 is 0. The van der Waals surface area contributed by atoms with Crippen molar-refractivity contribution in [2.75, 3.05) is 16.7 Å². The molecule has 23 heavy (non-hydrogen) atoms. The van der Waals surface area contributed by atoms with Crippen LogP contribution in [-0.2, 0) is 21.2 Å². The Balaban J connectivity index is 1.92. The fraction of sp³-hybridized carbons (Fsp3) is 0.235. The monoisotopic (exact) mass is 330 g/mol. The number of anilines is 2. The zero-order chi connectivity index (χ0) is 16.6. The minimum Gasteiger partial charge on any atom is -0.315 e. The van der Waals surface area contributed by atoms with Gasteiger partial charge in [-0.05, 0) is 48.7 Å². The predicted molar refractivity (Wildman–Crippen MR) is 90.2 cm³/mol. The van der Waals surface area contributed by atoms with E-state index in [2.05, 4.69) is 4.72 Å². The highest BCUT2D eigenvalue weighted by Gasteiger charge is 2.22. The van der Waals surface area contributed by atoms with Gasteiger partial charge in [-0.3, -0.25) is 9.52 Å². The molecule has 1 heterocycles. The standard InChI is InChI=1S/C17H18N2O3S/c1-12-5-3-4-6-16(12)23(21,22)18-14-8-9-15-13(11-14)7-10-17(20)19(15)2/h3-6,8-9,11,18H,7,10H2,1-2H3. The summed E-state index contributed by atoms with van der Waals surface area (Å²) in [5.74, 6) is 0.0748. The van der Waals surface area contributed by atoms with E-state index in [1.807, 2.05) is 0 Å². The van der Waals surface area contributed by atoms with Crippen LogP contribution >= 0.6 is 0 Å². The fourth-order valence-corrected chi connectivity index (χ4v) is 4.09. The van der Waals surface area contributed by atoms with Crippen LogP contribution < -0.4 is 9.62 Å². The summed E-state index contributed by atoms with van der Waals surface area (Å²) in [6.07, 6.45) is 1.07. The summed E-state index contributed by atoms with van der Waals surface area (Å²) in [7, 11) is -1.89. The number of hydrogen-bond donors (Lipinski definition) is 1. The molecule has 0 aliphatic carbocycles. The third kappa shape index (κ3) is 2.94. The zero-order valence-corrected chi connectivity index (χ0v) is 13.9. The van der Waals surface area contributed by atoms with E-state index in [0.717, 1.165) is 11.3 Å². The Hall–Kier alpha value is -2.34. The Kier molecular flexibility index (Phi) is 3.85. The number of nitrogens with zero attached hydrogens (tertiary/aromatic N) is 1. The Morgan fingerprint density at radius 1 is 1.09 bits per heavy atom. The molecule has 0 spiro atoms. The number of benzene rings is 2. The van der Waals surface area contributed by atoms with E-state index in [1.54, 1.807) is 61.3 Å². The fourth-order valence-electron chi connectivity index (χ4n) is 2.79. The van der Waals surface area contributed by atoms with Crippen LogP contribution in [0.2, 0.25) is 0 Å². The van der Waals surface area contributed by atoms with Crippen molar-refractivity contribution in [1.82, 2.24) is 0 Å². The van der Waals surface area contributed by atoms with E-state index < -0.39 is 10.0 Å². The highest BCUT2D eigenvalue weighted by Crippen LogP contribution is 2.30. The molecule has 1 N–H and O–H groups in total. The van der Waals surface area contributed by atoms with Crippen molar-refractivity contribution < 1.29 is 13.2 Å². The topological polar surface area (TPSA) is 66.5 Å². The van der Waals surface area contributed by atoms with Gasteiger partial charge >= 0.3 is 0 Å². The number of sulfonamides is 1. The Morgan fingerprint density at radius 3 is 2.57 bits per heavy atom. The van der Waals surface area contributed by atoms with Crippen molar-refractivity contribution in [2.24, 2.45) is 0 Å². The smallest absolute Gasteiger partial charge is 0.262 e. The number of nitrogens with one attached hydrogen (secondary N) is 1. The van der Waals surface area contributed by atoms with Crippen molar-refractivity contribution in [2.45, 2.75) is 24.7 Å². The van der Waals surface area contributed by atoms with Gasteiger partial charge in [-0.25, -0.2) is 8.42 Å². The van der Waals surface area contributed by atoms with E-state index in [9.17, 15) is 13.2 Å². The minimum atomic E-state index is -3.63. The molecule has 2 aromatic rings. The lowest BCUT2D eigenvalue weighted by Gasteiger charge is -2.26. The van der Waals surface area contributed by atoms with Crippen LogP contribution in [0.25, 0.3) is 0 Å². The summed E-state index contributed by atoms with van der Waals surface area (Å²) in [6, 6.07) is 12.1. The largest absolute Gasteiger partial charge is 0.315 e. The van der Waals surface area contributed by atoms with Gasteiger partial charge in [0.1, 0.15) is 0 Å². The van der Waals surface area contributed by atoms with Gasteiger partial charge in [0, 0.05) is 24.8 Å². The highest BCUT2D eigenvalue weighted by atomic mass is 32.2. The summed E-state index contributed by atoms with van der Waals surface area (Å²) in [5, 5.41) is 0. The average Bonchev–Trinajstić information content (AvgIpc) is 2.51. The maximum atomic E-state index is 12.5. The predicted octanol–water partition coefficient (Wildman–Crippen LogP) is 2.70.